The third-order valence-corrected chi connectivity index (χ3v) is 3.10. The molecule has 1 aromatic carbocycles. The van der Waals surface area contributed by atoms with Crippen LogP contribution >= 0.6 is 0 Å². The summed E-state index contributed by atoms with van der Waals surface area (Å²) in [6.45, 7) is 4.08. The van der Waals surface area contributed by atoms with Crippen LogP contribution in [0.5, 0.6) is 11.6 Å². The zero-order valence-corrected chi connectivity index (χ0v) is 13.6. The normalized spacial score (nSPS) is 10.5. The molecule has 1 N–H and O–H groups in total. The third kappa shape index (κ3) is 4.31. The zero-order valence-electron chi connectivity index (χ0n) is 13.6. The van der Waals surface area contributed by atoms with E-state index in [9.17, 15) is 14.5 Å². The molecule has 0 amide bonds. The number of rotatable bonds is 7. The highest BCUT2D eigenvalue weighted by Gasteiger charge is 2.18. The van der Waals surface area contributed by atoms with Gasteiger partial charge in [0.1, 0.15) is 5.69 Å². The van der Waals surface area contributed by atoms with Crippen molar-refractivity contribution in [3.05, 3.63) is 52.0 Å². The Labute approximate surface area is 138 Å². The number of hydrogen-bond acceptors (Lipinski definition) is 6. The first-order valence-corrected chi connectivity index (χ1v) is 7.28. The van der Waals surface area contributed by atoms with E-state index in [-0.39, 0.29) is 29.8 Å². The van der Waals surface area contributed by atoms with E-state index in [0.717, 1.165) is 11.6 Å². The molecule has 2 rings (SSSR count). The first-order valence-electron chi connectivity index (χ1n) is 7.28. The van der Waals surface area contributed by atoms with Crippen molar-refractivity contribution < 1.29 is 18.8 Å². The molecule has 0 fully saturated rings. The monoisotopic (exact) mass is 335 g/mol. The van der Waals surface area contributed by atoms with Crippen LogP contribution in [0.4, 0.5) is 15.8 Å². The van der Waals surface area contributed by atoms with Crippen molar-refractivity contribution in [2.45, 2.75) is 26.5 Å². The second-order valence-corrected chi connectivity index (χ2v) is 5.29. The molecule has 0 aliphatic rings. The topological polar surface area (TPSA) is 86.5 Å². The van der Waals surface area contributed by atoms with Crippen LogP contribution in [0.25, 0.3) is 0 Å². The lowest BCUT2D eigenvalue weighted by Gasteiger charge is -2.11. The average Bonchev–Trinajstić information content (AvgIpc) is 2.54. The molecule has 0 aliphatic heterocycles. The van der Waals surface area contributed by atoms with E-state index in [2.05, 4.69) is 10.3 Å². The van der Waals surface area contributed by atoms with Crippen LogP contribution in [0.15, 0.2) is 30.5 Å². The average molecular weight is 335 g/mol. The van der Waals surface area contributed by atoms with E-state index < -0.39 is 10.7 Å². The van der Waals surface area contributed by atoms with Gasteiger partial charge in [0, 0.05) is 24.9 Å². The molecule has 0 atom stereocenters. The third-order valence-electron chi connectivity index (χ3n) is 3.10. The number of nitro groups is 1. The van der Waals surface area contributed by atoms with E-state index in [4.69, 9.17) is 9.47 Å². The summed E-state index contributed by atoms with van der Waals surface area (Å²) in [6.07, 6.45) is 1.63. The molecule has 0 radical (unpaired) electrons. The van der Waals surface area contributed by atoms with E-state index in [1.54, 1.807) is 18.3 Å². The summed E-state index contributed by atoms with van der Waals surface area (Å²) in [5.74, 6) is -0.350. The molecule has 128 valence electrons. The van der Waals surface area contributed by atoms with E-state index >= 15 is 0 Å². The van der Waals surface area contributed by atoms with Gasteiger partial charge in [-0.25, -0.2) is 9.37 Å². The highest BCUT2D eigenvalue weighted by Crippen LogP contribution is 2.32. The van der Waals surface area contributed by atoms with Crippen LogP contribution in [0.1, 0.15) is 19.4 Å². The fraction of sp³-hybridized carbons (Fsp3) is 0.312. The number of ether oxygens (including phenoxy) is 2. The lowest BCUT2D eigenvalue weighted by molar-refractivity contribution is -0.384. The number of aromatic nitrogens is 1. The minimum Gasteiger partial charge on any atom is -0.494 e. The zero-order chi connectivity index (χ0) is 17.7. The van der Waals surface area contributed by atoms with Gasteiger partial charge in [0.2, 0.25) is 5.88 Å². The van der Waals surface area contributed by atoms with Crippen molar-refractivity contribution in [2.24, 2.45) is 0 Å². The fourth-order valence-electron chi connectivity index (χ4n) is 2.02. The Morgan fingerprint density at radius 3 is 2.67 bits per heavy atom. The second-order valence-electron chi connectivity index (χ2n) is 5.29. The quantitative estimate of drug-likeness (QED) is 0.615. The van der Waals surface area contributed by atoms with Gasteiger partial charge < -0.3 is 14.8 Å². The lowest BCUT2D eigenvalue weighted by Crippen LogP contribution is -2.07. The molecule has 24 heavy (non-hydrogen) atoms. The van der Waals surface area contributed by atoms with Crippen molar-refractivity contribution in [3.63, 3.8) is 0 Å². The van der Waals surface area contributed by atoms with Crippen LogP contribution in [0.2, 0.25) is 0 Å². The van der Waals surface area contributed by atoms with Crippen molar-refractivity contribution in [3.8, 4) is 11.6 Å². The maximum Gasteiger partial charge on any atom is 0.295 e. The van der Waals surface area contributed by atoms with Gasteiger partial charge in [0.05, 0.1) is 24.2 Å². The Bertz CT molecular complexity index is 720. The maximum absolute atomic E-state index is 13.6. The number of pyridine rings is 1. The molecule has 2 aromatic rings. The minimum atomic E-state index is -0.786. The van der Waals surface area contributed by atoms with E-state index in [1.165, 1.54) is 13.2 Å². The van der Waals surface area contributed by atoms with E-state index in [0.29, 0.717) is 5.88 Å². The largest absolute Gasteiger partial charge is 0.494 e. The van der Waals surface area contributed by atoms with Gasteiger partial charge in [0.25, 0.3) is 5.69 Å². The van der Waals surface area contributed by atoms with Crippen LogP contribution in [0.3, 0.4) is 0 Å². The Kier molecular flexibility index (Phi) is 5.51. The number of nitro benzene ring substituents is 1. The maximum atomic E-state index is 13.6. The summed E-state index contributed by atoms with van der Waals surface area (Å²) < 4.78 is 23.9. The molecular weight excluding hydrogens is 317 g/mol. The molecule has 7 nitrogen and oxygen atoms in total. The summed E-state index contributed by atoms with van der Waals surface area (Å²) in [5, 5.41) is 14.0. The van der Waals surface area contributed by atoms with Crippen LogP contribution in [-0.2, 0) is 6.54 Å². The minimum absolute atomic E-state index is 0.0239. The van der Waals surface area contributed by atoms with Crippen LogP contribution < -0.4 is 14.8 Å². The van der Waals surface area contributed by atoms with Crippen molar-refractivity contribution >= 4 is 11.4 Å². The molecule has 0 aliphatic carbocycles. The predicted molar refractivity (Wildman–Crippen MR) is 86.9 cm³/mol. The summed E-state index contributed by atoms with van der Waals surface area (Å²) in [5.41, 5.74) is 0.602. The number of benzene rings is 1. The lowest BCUT2D eigenvalue weighted by atomic mass is 10.2. The summed E-state index contributed by atoms with van der Waals surface area (Å²) >= 11 is 0. The number of methoxy groups -OCH3 is 1. The molecule has 1 heterocycles. The summed E-state index contributed by atoms with van der Waals surface area (Å²) in [4.78, 5) is 14.6. The number of hydrogen-bond donors (Lipinski definition) is 1. The number of anilines is 1. The molecular formula is C16H18FN3O4. The van der Waals surface area contributed by atoms with Gasteiger partial charge >= 0.3 is 0 Å². The van der Waals surface area contributed by atoms with Crippen LogP contribution in [0, 0.1) is 15.9 Å². The molecule has 1 aromatic heterocycles. The summed E-state index contributed by atoms with van der Waals surface area (Å²) in [6, 6.07) is 5.61. The molecule has 0 saturated carbocycles. The van der Waals surface area contributed by atoms with E-state index in [1.807, 2.05) is 13.8 Å². The van der Waals surface area contributed by atoms with Crippen molar-refractivity contribution in [2.75, 3.05) is 12.4 Å². The first kappa shape index (κ1) is 17.5. The van der Waals surface area contributed by atoms with Crippen LogP contribution in [-0.4, -0.2) is 23.1 Å². The Morgan fingerprint density at radius 1 is 1.38 bits per heavy atom. The van der Waals surface area contributed by atoms with Gasteiger partial charge in [-0.1, -0.05) is 6.07 Å². The van der Waals surface area contributed by atoms with Gasteiger partial charge in [-0.15, -0.1) is 0 Å². The van der Waals surface area contributed by atoms with Crippen molar-refractivity contribution in [1.29, 1.82) is 0 Å². The standard InChI is InChI=1S/C16H18FN3O4/c1-10(2)24-16-5-4-11(9-19-16)8-18-13-7-15(23-3)12(17)6-14(13)20(21)22/h4-7,9-10,18H,8H2,1-3H3. The molecule has 0 unspecified atom stereocenters. The van der Waals surface area contributed by atoms with Gasteiger partial charge in [-0.05, 0) is 19.4 Å². The summed E-state index contributed by atoms with van der Waals surface area (Å²) in [7, 11) is 1.30. The van der Waals surface area contributed by atoms with Gasteiger partial charge in [-0.3, -0.25) is 10.1 Å². The molecule has 0 bridgehead atoms. The fourth-order valence-corrected chi connectivity index (χ4v) is 2.02. The smallest absolute Gasteiger partial charge is 0.295 e. The predicted octanol–water partition coefficient (Wildman–Crippen LogP) is 3.54. The number of nitrogens with zero attached hydrogens (tertiary/aromatic N) is 2. The molecule has 8 heteroatoms. The Balaban J connectivity index is 2.14. The van der Waals surface area contributed by atoms with Crippen molar-refractivity contribution in [1.82, 2.24) is 4.98 Å². The highest BCUT2D eigenvalue weighted by molar-refractivity contribution is 5.64. The SMILES string of the molecule is COc1cc(NCc2ccc(OC(C)C)nc2)c([N+](=O)[O-])cc1F. The second kappa shape index (κ2) is 7.58. The van der Waals surface area contributed by atoms with Gasteiger partial charge in [0.15, 0.2) is 11.6 Å². The Hall–Kier alpha value is -2.90. The first-order chi connectivity index (χ1) is 11.4. The highest BCUT2D eigenvalue weighted by atomic mass is 19.1. The molecule has 0 saturated heterocycles. The molecule has 0 spiro atoms. The Morgan fingerprint density at radius 2 is 2.12 bits per heavy atom. The number of halogens is 1. The van der Waals surface area contributed by atoms with Gasteiger partial charge in [-0.2, -0.15) is 0 Å². The number of nitrogens with one attached hydrogen (secondary N) is 1.